The number of nitrogens with one attached hydrogen (secondary N) is 1. The van der Waals surface area contributed by atoms with E-state index in [1.54, 1.807) is 56.9 Å². The summed E-state index contributed by atoms with van der Waals surface area (Å²) in [5, 5.41) is 62.3. The standard InChI is InChI=1S/C53H61N2O8/c1-4-37-15-16-38-10-8-9-13-44(38)45(37)28-46-39(17-19-48(59)52(46)62-3)26-40(22-35-20-21-55-32-35)49(60)29-51(61)53(33-56,41-23-36(31-54-2)24-42(57)27-41)30-34-14-18-47(58)50(25-34)63-43-11-6-5-7-12-43/h8-10,13-21,23-25,27,32,40,43,49,54,56-60H,4-7,11-12,22,26,28-31,33H2,1-3H3/q-1. The number of fused-ring (bicyclic) bond motifs is 1. The van der Waals surface area contributed by atoms with Crippen molar-refractivity contribution in [2.75, 3.05) is 20.8 Å². The Balaban J connectivity index is 1.26. The van der Waals surface area contributed by atoms with Gasteiger partial charge in [0.1, 0.15) is 11.5 Å². The number of aryl methyl sites for hydroxylation is 1. The molecule has 0 aliphatic heterocycles. The molecule has 1 aliphatic carbocycles. The van der Waals surface area contributed by atoms with Crippen LogP contribution in [0.1, 0.15) is 90.0 Å². The van der Waals surface area contributed by atoms with E-state index >= 15 is 4.79 Å². The largest absolute Gasteiger partial charge is 0.670 e. The number of hydrogen-bond acceptors (Lipinski definition) is 9. The highest BCUT2D eigenvalue weighted by Crippen LogP contribution is 2.41. The lowest BCUT2D eigenvalue weighted by atomic mass is 9.70. The number of rotatable bonds is 20. The van der Waals surface area contributed by atoms with E-state index in [-0.39, 0.29) is 36.2 Å². The van der Waals surface area contributed by atoms with Crippen LogP contribution in [-0.4, -0.2) is 64.3 Å². The summed E-state index contributed by atoms with van der Waals surface area (Å²) in [6.45, 7) is 1.93. The van der Waals surface area contributed by atoms with Gasteiger partial charge in [-0.1, -0.05) is 79.6 Å². The van der Waals surface area contributed by atoms with E-state index in [1.807, 2.05) is 30.3 Å². The van der Waals surface area contributed by atoms with Crippen molar-refractivity contribution in [3.05, 3.63) is 148 Å². The minimum atomic E-state index is -1.59. The van der Waals surface area contributed by atoms with E-state index in [0.717, 1.165) is 77.1 Å². The van der Waals surface area contributed by atoms with Crippen molar-refractivity contribution >= 4 is 16.6 Å². The number of hydrogen-bond donors (Lipinski definition) is 6. The average molecular weight is 854 g/mol. The highest BCUT2D eigenvalue weighted by atomic mass is 16.5. The van der Waals surface area contributed by atoms with Crippen LogP contribution < -0.4 is 19.8 Å². The van der Waals surface area contributed by atoms with Gasteiger partial charge in [0.05, 0.1) is 31.3 Å². The van der Waals surface area contributed by atoms with Gasteiger partial charge in [0.25, 0.3) is 0 Å². The molecule has 3 unspecified atom stereocenters. The molecule has 0 bridgehead atoms. The molecule has 6 aromatic rings. The van der Waals surface area contributed by atoms with Gasteiger partial charge < -0.3 is 45.3 Å². The van der Waals surface area contributed by atoms with E-state index in [2.05, 4.69) is 41.5 Å². The number of nitrogens with zero attached hydrogens (tertiary/aromatic N) is 1. The molecule has 3 atom stereocenters. The maximum Gasteiger partial charge on any atom is 0.164 e. The number of ether oxygens (including phenoxy) is 2. The fraction of sp³-hybridized carbons (Fsp3) is 0.377. The number of methoxy groups -OCH3 is 1. The van der Waals surface area contributed by atoms with Crippen molar-refractivity contribution in [1.29, 1.82) is 0 Å². The molecule has 7 rings (SSSR count). The number of phenols is 3. The van der Waals surface area contributed by atoms with Crippen LogP contribution in [-0.2, 0) is 48.9 Å². The van der Waals surface area contributed by atoms with Crippen molar-refractivity contribution in [2.45, 2.75) is 102 Å². The quantitative estimate of drug-likeness (QED) is 0.0440. The Bertz CT molecular complexity index is 2480. The molecular weight excluding hydrogens is 793 g/mol. The Morgan fingerprint density at radius 3 is 2.37 bits per heavy atom. The van der Waals surface area contributed by atoms with Gasteiger partial charge in [-0.25, -0.2) is 0 Å². The molecule has 0 amide bonds. The smallest absolute Gasteiger partial charge is 0.164 e. The lowest BCUT2D eigenvalue weighted by Crippen LogP contribution is -2.44. The van der Waals surface area contributed by atoms with Crippen molar-refractivity contribution in [3.8, 4) is 28.7 Å². The Kier molecular flexibility index (Phi) is 14.8. The van der Waals surface area contributed by atoms with Crippen LogP contribution in [0, 0.1) is 5.92 Å². The van der Waals surface area contributed by atoms with Crippen LogP contribution in [0.4, 0.5) is 0 Å². The molecule has 332 valence electrons. The number of aromatic nitrogens is 1. The zero-order valence-electron chi connectivity index (χ0n) is 36.6. The summed E-state index contributed by atoms with van der Waals surface area (Å²) in [5.41, 5.74) is 5.07. The second-order valence-electron chi connectivity index (χ2n) is 17.3. The number of aliphatic hydroxyl groups is 2. The number of ketones is 1. The number of aliphatic hydroxyl groups excluding tert-OH is 2. The first-order valence-electron chi connectivity index (χ1n) is 22.3. The molecule has 10 heteroatoms. The normalized spacial score (nSPS) is 15.2. The second-order valence-corrected chi connectivity index (χ2v) is 17.3. The molecule has 0 radical (unpaired) electrons. The number of Topliss-reactive ketones (excluding diaryl/α,β-unsaturated/α-hetero) is 1. The van der Waals surface area contributed by atoms with Gasteiger partial charge in [0, 0.05) is 24.9 Å². The predicted molar refractivity (Wildman–Crippen MR) is 246 cm³/mol. The number of aromatic hydroxyl groups is 3. The Hall–Kier alpha value is -5.81. The summed E-state index contributed by atoms with van der Waals surface area (Å²) in [4.78, 5) is 19.5. The molecule has 10 nitrogen and oxygen atoms in total. The molecule has 0 saturated heterocycles. The first-order valence-corrected chi connectivity index (χ1v) is 22.3. The van der Waals surface area contributed by atoms with Crippen LogP contribution in [0.25, 0.3) is 10.8 Å². The molecular formula is C53H61N2O8-. The maximum absolute atomic E-state index is 15.2. The number of benzene rings is 5. The Labute approximate surface area is 370 Å². The van der Waals surface area contributed by atoms with Crippen molar-refractivity contribution in [1.82, 2.24) is 10.3 Å². The maximum atomic E-state index is 15.2. The van der Waals surface area contributed by atoms with E-state index < -0.39 is 29.8 Å². The molecule has 1 heterocycles. The third kappa shape index (κ3) is 10.4. The summed E-state index contributed by atoms with van der Waals surface area (Å²) in [6.07, 6.45) is 9.00. The van der Waals surface area contributed by atoms with Crippen molar-refractivity contribution in [3.63, 3.8) is 0 Å². The fourth-order valence-electron chi connectivity index (χ4n) is 9.62. The van der Waals surface area contributed by atoms with Crippen LogP contribution in [0.3, 0.4) is 0 Å². The summed E-state index contributed by atoms with van der Waals surface area (Å²) in [7, 11) is 3.33. The first kappa shape index (κ1) is 45.2. The van der Waals surface area contributed by atoms with E-state index in [1.165, 1.54) is 11.6 Å². The first-order chi connectivity index (χ1) is 30.5. The van der Waals surface area contributed by atoms with Crippen LogP contribution >= 0.6 is 0 Å². The monoisotopic (exact) mass is 853 g/mol. The van der Waals surface area contributed by atoms with Crippen LogP contribution in [0.2, 0.25) is 0 Å². The summed E-state index contributed by atoms with van der Waals surface area (Å²) in [6, 6.07) is 27.9. The Morgan fingerprint density at radius 2 is 1.63 bits per heavy atom. The van der Waals surface area contributed by atoms with Gasteiger partial charge in [-0.05, 0) is 139 Å². The van der Waals surface area contributed by atoms with Gasteiger partial charge in [0.2, 0.25) is 0 Å². The van der Waals surface area contributed by atoms with E-state index in [0.29, 0.717) is 48.4 Å². The fourth-order valence-corrected chi connectivity index (χ4v) is 9.62. The van der Waals surface area contributed by atoms with Crippen LogP contribution in [0.5, 0.6) is 28.7 Å². The third-order valence-electron chi connectivity index (χ3n) is 13.0. The van der Waals surface area contributed by atoms with Crippen LogP contribution in [0.15, 0.2) is 103 Å². The molecule has 63 heavy (non-hydrogen) atoms. The molecule has 1 aliphatic rings. The van der Waals surface area contributed by atoms with E-state index in [9.17, 15) is 25.5 Å². The third-order valence-corrected chi connectivity index (χ3v) is 13.0. The summed E-state index contributed by atoms with van der Waals surface area (Å²) < 4.78 is 12.2. The molecule has 0 spiro atoms. The van der Waals surface area contributed by atoms with Crippen molar-refractivity contribution in [2.24, 2.45) is 5.92 Å². The predicted octanol–water partition coefficient (Wildman–Crippen LogP) is 8.40. The van der Waals surface area contributed by atoms with Gasteiger partial charge in [-0.3, -0.25) is 4.79 Å². The van der Waals surface area contributed by atoms with Gasteiger partial charge in [0.15, 0.2) is 23.0 Å². The SMILES string of the molecule is CCc1ccc2ccccc2c1Cc1c(CC(Cc2cc[n-]c2)C(O)CC(=O)C(CO)(Cc2ccc(O)c(OC3CCCCC3)c2)c2cc(O)cc(CNC)c2)ccc(O)c1OC. The zero-order valence-corrected chi connectivity index (χ0v) is 36.6. The molecule has 5 aromatic carbocycles. The minimum absolute atomic E-state index is 0.00391. The number of phenolic OH excluding ortho intramolecular Hbond substituents is 3. The van der Waals surface area contributed by atoms with Gasteiger partial charge >= 0.3 is 0 Å². The van der Waals surface area contributed by atoms with Gasteiger partial charge in [-0.15, -0.1) is 0 Å². The number of carbonyl (C=O) groups excluding carboxylic acids is 1. The van der Waals surface area contributed by atoms with Gasteiger partial charge in [-0.2, -0.15) is 12.4 Å². The molecule has 1 saturated carbocycles. The highest BCUT2D eigenvalue weighted by molar-refractivity contribution is 5.91. The summed E-state index contributed by atoms with van der Waals surface area (Å²) >= 11 is 0. The Morgan fingerprint density at radius 1 is 0.857 bits per heavy atom. The minimum Gasteiger partial charge on any atom is -0.670 e. The van der Waals surface area contributed by atoms with E-state index in [4.69, 9.17) is 9.47 Å². The number of carbonyl (C=O) groups is 1. The molecule has 6 N–H and O–H groups in total. The zero-order chi connectivity index (χ0) is 44.5. The van der Waals surface area contributed by atoms with Crippen molar-refractivity contribution < 1.29 is 39.8 Å². The topological polar surface area (TPSA) is 163 Å². The highest BCUT2D eigenvalue weighted by Gasteiger charge is 2.42. The lowest BCUT2D eigenvalue weighted by molar-refractivity contribution is -0.129. The second kappa shape index (κ2) is 20.6. The molecule has 1 fully saturated rings. The summed E-state index contributed by atoms with van der Waals surface area (Å²) in [5.74, 6) is -0.265. The molecule has 1 aromatic heterocycles. The average Bonchev–Trinajstić information content (AvgIpc) is 3.81. The lowest BCUT2D eigenvalue weighted by Gasteiger charge is -2.34.